The molecule has 3 aromatic rings. The molecule has 2 heterocycles. The summed E-state index contributed by atoms with van der Waals surface area (Å²) in [7, 11) is 0. The van der Waals surface area contributed by atoms with Crippen LogP contribution in [0.25, 0.3) is 0 Å². The standard InChI is InChI=1S/C28H24Cl3N3O4.ClH/c29-18-6-8-25-17(13-18)16-38-28(37)34(25)20-9-11-33(12-10-20)15-26(35)32-24-7-5-19(30)14-22(24)27(36)21-3-1-2-4-23(21)31;/h1-8,13-14,20H,9-12,15-16H2,(H,32,35);1H. The molecular weight excluding hydrogens is 584 g/mol. The monoisotopic (exact) mass is 607 g/mol. The van der Waals surface area contributed by atoms with Crippen molar-refractivity contribution in [3.63, 3.8) is 0 Å². The second-order valence-corrected chi connectivity index (χ2v) is 10.5. The fourth-order valence-electron chi connectivity index (χ4n) is 4.89. The summed E-state index contributed by atoms with van der Waals surface area (Å²) >= 11 is 18.5. The second-order valence-electron chi connectivity index (χ2n) is 9.25. The number of amides is 2. The number of carbonyl (C=O) groups is 3. The fraction of sp³-hybridized carbons (Fsp3) is 0.250. The molecule has 2 aliphatic heterocycles. The van der Waals surface area contributed by atoms with Crippen molar-refractivity contribution in [3.8, 4) is 0 Å². The van der Waals surface area contributed by atoms with Crippen molar-refractivity contribution < 1.29 is 19.1 Å². The second kappa shape index (κ2) is 12.6. The van der Waals surface area contributed by atoms with Gasteiger partial charge in [-0.15, -0.1) is 12.4 Å². The molecule has 0 aliphatic carbocycles. The van der Waals surface area contributed by atoms with Crippen LogP contribution in [0.5, 0.6) is 0 Å². The third-order valence-corrected chi connectivity index (χ3v) is 7.56. The van der Waals surface area contributed by atoms with Gasteiger partial charge in [0, 0.05) is 45.9 Å². The Balaban J connectivity index is 0.00000353. The van der Waals surface area contributed by atoms with Crippen LogP contribution in [0, 0.1) is 0 Å². The molecular formula is C28H25Cl4N3O4. The molecule has 0 unspecified atom stereocenters. The number of fused-ring (bicyclic) bond motifs is 1. The van der Waals surface area contributed by atoms with E-state index in [2.05, 4.69) is 5.32 Å². The van der Waals surface area contributed by atoms with Crippen molar-refractivity contribution >= 4 is 76.4 Å². The summed E-state index contributed by atoms with van der Waals surface area (Å²) in [5, 5.41) is 4.15. The first-order valence-electron chi connectivity index (χ1n) is 12.2. The predicted octanol–water partition coefficient (Wildman–Crippen LogP) is 6.86. The van der Waals surface area contributed by atoms with Crippen LogP contribution in [-0.2, 0) is 16.1 Å². The van der Waals surface area contributed by atoms with E-state index in [0.29, 0.717) is 52.2 Å². The van der Waals surface area contributed by atoms with Crippen molar-refractivity contribution in [1.82, 2.24) is 4.90 Å². The summed E-state index contributed by atoms with van der Waals surface area (Å²) in [5.74, 6) is -0.583. The molecule has 0 bridgehead atoms. The molecule has 0 atom stereocenters. The molecule has 2 aliphatic rings. The summed E-state index contributed by atoms with van der Waals surface area (Å²) in [5.41, 5.74) is 2.66. The van der Waals surface area contributed by atoms with E-state index in [1.165, 1.54) is 6.07 Å². The minimum Gasteiger partial charge on any atom is -0.444 e. The number of cyclic esters (lactones) is 1. The van der Waals surface area contributed by atoms with E-state index in [1.807, 2.05) is 17.0 Å². The van der Waals surface area contributed by atoms with Crippen molar-refractivity contribution in [2.45, 2.75) is 25.5 Å². The molecule has 7 nitrogen and oxygen atoms in total. The van der Waals surface area contributed by atoms with Crippen molar-refractivity contribution in [2.24, 2.45) is 0 Å². The van der Waals surface area contributed by atoms with Crippen LogP contribution >= 0.6 is 47.2 Å². The lowest BCUT2D eigenvalue weighted by molar-refractivity contribution is -0.117. The SMILES string of the molecule is Cl.O=C(CN1CCC(N2C(=O)OCc3cc(Cl)ccc32)CC1)Nc1ccc(Cl)cc1C(=O)c1ccccc1Cl. The number of nitrogens with zero attached hydrogens (tertiary/aromatic N) is 2. The van der Waals surface area contributed by atoms with E-state index in [1.54, 1.807) is 47.4 Å². The first kappa shape index (κ1) is 29.2. The summed E-state index contributed by atoms with van der Waals surface area (Å²) in [6, 6.07) is 16.9. The highest BCUT2D eigenvalue weighted by Crippen LogP contribution is 2.34. The molecule has 0 aromatic heterocycles. The highest BCUT2D eigenvalue weighted by molar-refractivity contribution is 6.36. The summed E-state index contributed by atoms with van der Waals surface area (Å²) in [4.78, 5) is 42.4. The Kier molecular flexibility index (Phi) is 9.41. The fourth-order valence-corrected chi connectivity index (χ4v) is 5.48. The number of piperidine rings is 1. The maximum absolute atomic E-state index is 13.2. The van der Waals surface area contributed by atoms with E-state index >= 15 is 0 Å². The van der Waals surface area contributed by atoms with Gasteiger partial charge in [-0.2, -0.15) is 0 Å². The molecule has 3 aromatic carbocycles. The Labute approximate surface area is 247 Å². The average Bonchev–Trinajstić information content (AvgIpc) is 2.90. The first-order valence-corrected chi connectivity index (χ1v) is 13.3. The number of ether oxygens (including phenoxy) is 1. The van der Waals surface area contributed by atoms with Gasteiger partial charge in [0.15, 0.2) is 5.78 Å². The Bertz CT molecular complexity index is 1410. The number of benzene rings is 3. The van der Waals surface area contributed by atoms with Crippen LogP contribution in [0.3, 0.4) is 0 Å². The highest BCUT2D eigenvalue weighted by atomic mass is 35.5. The van der Waals surface area contributed by atoms with Crippen LogP contribution in [0.4, 0.5) is 16.2 Å². The minimum absolute atomic E-state index is 0. The predicted molar refractivity (Wildman–Crippen MR) is 156 cm³/mol. The number of rotatable bonds is 6. The third-order valence-electron chi connectivity index (χ3n) is 6.76. The molecule has 0 spiro atoms. The van der Waals surface area contributed by atoms with Gasteiger partial charge in [0.05, 0.1) is 22.9 Å². The van der Waals surface area contributed by atoms with Crippen molar-refractivity contribution in [3.05, 3.63) is 92.4 Å². The Hall–Kier alpha value is -2.81. The molecule has 11 heteroatoms. The number of carbonyl (C=O) groups excluding carboxylic acids is 3. The van der Waals surface area contributed by atoms with Crippen LogP contribution in [0.1, 0.15) is 34.3 Å². The lowest BCUT2D eigenvalue weighted by atomic mass is 10.0. The minimum atomic E-state index is -0.366. The van der Waals surface area contributed by atoms with Crippen LogP contribution in [-0.4, -0.2) is 48.4 Å². The molecule has 5 rings (SSSR count). The zero-order valence-corrected chi connectivity index (χ0v) is 23.7. The van der Waals surface area contributed by atoms with E-state index in [0.717, 1.165) is 11.3 Å². The molecule has 39 heavy (non-hydrogen) atoms. The molecule has 0 radical (unpaired) electrons. The van der Waals surface area contributed by atoms with Crippen LogP contribution < -0.4 is 10.2 Å². The smallest absolute Gasteiger partial charge is 0.414 e. The molecule has 0 saturated carbocycles. The van der Waals surface area contributed by atoms with E-state index < -0.39 is 0 Å². The Morgan fingerprint density at radius 1 is 0.923 bits per heavy atom. The van der Waals surface area contributed by atoms with Gasteiger partial charge in [-0.3, -0.25) is 19.4 Å². The van der Waals surface area contributed by atoms with Gasteiger partial charge in [-0.25, -0.2) is 4.79 Å². The topological polar surface area (TPSA) is 79.0 Å². The van der Waals surface area contributed by atoms with Gasteiger partial charge < -0.3 is 10.1 Å². The Morgan fingerprint density at radius 2 is 1.62 bits per heavy atom. The summed E-state index contributed by atoms with van der Waals surface area (Å²) in [6.07, 6.45) is 0.998. The van der Waals surface area contributed by atoms with E-state index in [-0.39, 0.29) is 54.9 Å². The van der Waals surface area contributed by atoms with Gasteiger partial charge in [-0.05, 0) is 61.4 Å². The van der Waals surface area contributed by atoms with Crippen LogP contribution in [0.2, 0.25) is 15.1 Å². The average molecular weight is 609 g/mol. The lowest BCUT2D eigenvalue weighted by Crippen LogP contribution is -2.50. The van der Waals surface area contributed by atoms with Crippen LogP contribution in [0.15, 0.2) is 60.7 Å². The Morgan fingerprint density at radius 3 is 2.36 bits per heavy atom. The third kappa shape index (κ3) is 6.51. The van der Waals surface area contributed by atoms with E-state index in [9.17, 15) is 14.4 Å². The number of hydrogen-bond donors (Lipinski definition) is 1. The van der Waals surface area contributed by atoms with Gasteiger partial charge >= 0.3 is 6.09 Å². The van der Waals surface area contributed by atoms with Crippen molar-refractivity contribution in [2.75, 3.05) is 29.9 Å². The van der Waals surface area contributed by atoms with Gasteiger partial charge in [0.2, 0.25) is 5.91 Å². The zero-order valence-electron chi connectivity index (χ0n) is 20.7. The molecule has 204 valence electrons. The first-order chi connectivity index (χ1) is 18.3. The quantitative estimate of drug-likeness (QED) is 0.309. The van der Waals surface area contributed by atoms with E-state index in [4.69, 9.17) is 39.5 Å². The maximum atomic E-state index is 13.2. The van der Waals surface area contributed by atoms with Gasteiger partial charge in [0.1, 0.15) is 6.61 Å². The maximum Gasteiger partial charge on any atom is 0.414 e. The molecule has 1 saturated heterocycles. The molecule has 2 amide bonds. The highest BCUT2D eigenvalue weighted by Gasteiger charge is 2.34. The summed E-state index contributed by atoms with van der Waals surface area (Å²) < 4.78 is 5.37. The van der Waals surface area contributed by atoms with Crippen molar-refractivity contribution in [1.29, 1.82) is 0 Å². The lowest BCUT2D eigenvalue weighted by Gasteiger charge is -2.40. The molecule has 1 fully saturated rings. The number of anilines is 2. The molecule has 1 N–H and O–H groups in total. The number of halogens is 4. The van der Waals surface area contributed by atoms with Gasteiger partial charge in [-0.1, -0.05) is 46.9 Å². The largest absolute Gasteiger partial charge is 0.444 e. The normalized spacial score (nSPS) is 15.7. The number of ketones is 1. The number of nitrogens with one attached hydrogen (secondary N) is 1. The zero-order chi connectivity index (χ0) is 26.8. The summed E-state index contributed by atoms with van der Waals surface area (Å²) in [6.45, 7) is 1.59. The number of likely N-dealkylation sites (tertiary alicyclic amines) is 1. The van der Waals surface area contributed by atoms with Gasteiger partial charge in [0.25, 0.3) is 0 Å². The number of hydrogen-bond acceptors (Lipinski definition) is 5.